The van der Waals surface area contributed by atoms with E-state index in [1.54, 1.807) is 13.8 Å². The lowest BCUT2D eigenvalue weighted by Crippen LogP contribution is -2.50. The minimum absolute atomic E-state index is 0.0157. The van der Waals surface area contributed by atoms with Gasteiger partial charge in [0.1, 0.15) is 0 Å². The minimum atomic E-state index is -2.72. The fourth-order valence-electron chi connectivity index (χ4n) is 1.48. The molecule has 0 aliphatic carbocycles. The molecule has 1 aliphatic rings. The molecule has 0 spiro atoms. The molecule has 3 nitrogen and oxygen atoms in total. The molecule has 5 heteroatoms. The summed E-state index contributed by atoms with van der Waals surface area (Å²) in [6.45, 7) is 3.58. The van der Waals surface area contributed by atoms with Gasteiger partial charge in [0.15, 0.2) is 0 Å². The number of alkyl halides is 2. The number of carbonyl (C=O) groups excluding carboxylic acids is 1. The fourth-order valence-corrected chi connectivity index (χ4v) is 1.48. The summed E-state index contributed by atoms with van der Waals surface area (Å²) in [5.41, 5.74) is 0. The molecule has 82 valence electrons. The Hall–Kier alpha value is -0.870. The fraction of sp³-hybridized carbons (Fsp3) is 0.889. The second kappa shape index (κ2) is 4.11. The van der Waals surface area contributed by atoms with Crippen LogP contribution in [0.25, 0.3) is 0 Å². The van der Waals surface area contributed by atoms with Crippen LogP contribution >= 0.6 is 0 Å². The third-order valence-corrected chi connectivity index (χ3v) is 2.09. The van der Waals surface area contributed by atoms with Crippen molar-refractivity contribution in [1.29, 1.82) is 0 Å². The molecule has 1 saturated heterocycles. The van der Waals surface area contributed by atoms with Crippen LogP contribution in [0.4, 0.5) is 13.6 Å². The van der Waals surface area contributed by atoms with E-state index in [2.05, 4.69) is 5.32 Å². The zero-order valence-corrected chi connectivity index (χ0v) is 8.52. The first-order valence-corrected chi connectivity index (χ1v) is 4.84. The van der Waals surface area contributed by atoms with Gasteiger partial charge >= 0.3 is 6.03 Å². The van der Waals surface area contributed by atoms with Crippen LogP contribution in [-0.2, 0) is 0 Å². The highest BCUT2D eigenvalue weighted by Crippen LogP contribution is 2.26. The molecule has 1 aliphatic heterocycles. The van der Waals surface area contributed by atoms with Crippen molar-refractivity contribution in [2.75, 3.05) is 13.1 Å². The number of likely N-dealkylation sites (tertiary alicyclic amines) is 1. The van der Waals surface area contributed by atoms with Crippen molar-refractivity contribution < 1.29 is 13.6 Å². The Morgan fingerprint density at radius 3 is 2.64 bits per heavy atom. The normalized spacial score (nSPS) is 21.1. The van der Waals surface area contributed by atoms with Gasteiger partial charge in [-0.15, -0.1) is 0 Å². The minimum Gasteiger partial charge on any atom is -0.336 e. The first-order chi connectivity index (χ1) is 6.41. The van der Waals surface area contributed by atoms with Crippen LogP contribution in [0.5, 0.6) is 0 Å². The Bertz CT molecular complexity index is 219. The Balaban J connectivity index is 2.48. The molecule has 0 atom stereocenters. The SMILES string of the molecule is CC(C)NC(=O)N1CCCC(F)(F)C1. The van der Waals surface area contributed by atoms with Crippen LogP contribution in [-0.4, -0.2) is 36.0 Å². The molecule has 2 amide bonds. The van der Waals surface area contributed by atoms with Crippen molar-refractivity contribution in [2.24, 2.45) is 0 Å². The quantitative estimate of drug-likeness (QED) is 0.697. The Morgan fingerprint density at radius 2 is 2.14 bits per heavy atom. The average molecular weight is 206 g/mol. The molecule has 0 aromatic carbocycles. The maximum Gasteiger partial charge on any atom is 0.317 e. The standard InChI is InChI=1S/C9H16F2N2O/c1-7(2)12-8(14)13-5-3-4-9(10,11)6-13/h7H,3-6H2,1-2H3,(H,12,14). The first-order valence-electron chi connectivity index (χ1n) is 4.84. The predicted octanol–water partition coefficient (Wildman–Crippen LogP) is 1.84. The van der Waals surface area contributed by atoms with Crippen LogP contribution in [0.2, 0.25) is 0 Å². The second-order valence-corrected chi connectivity index (χ2v) is 3.99. The Morgan fingerprint density at radius 1 is 1.50 bits per heavy atom. The van der Waals surface area contributed by atoms with E-state index in [1.807, 2.05) is 0 Å². The van der Waals surface area contributed by atoms with E-state index in [4.69, 9.17) is 0 Å². The lowest BCUT2D eigenvalue weighted by Gasteiger charge is -2.32. The lowest BCUT2D eigenvalue weighted by atomic mass is 10.1. The van der Waals surface area contributed by atoms with Crippen molar-refractivity contribution in [2.45, 2.75) is 38.7 Å². The van der Waals surface area contributed by atoms with Gasteiger partial charge in [-0.05, 0) is 20.3 Å². The summed E-state index contributed by atoms with van der Waals surface area (Å²) in [5.74, 6) is -2.72. The molecule has 1 rings (SSSR count). The molecule has 0 radical (unpaired) electrons. The van der Waals surface area contributed by atoms with Crippen LogP contribution in [0, 0.1) is 0 Å². The Kier molecular flexibility index (Phi) is 3.29. The number of nitrogens with one attached hydrogen (secondary N) is 1. The van der Waals surface area contributed by atoms with Crippen LogP contribution in [0.1, 0.15) is 26.7 Å². The maximum atomic E-state index is 12.9. The smallest absolute Gasteiger partial charge is 0.317 e. The molecule has 0 aromatic heterocycles. The second-order valence-electron chi connectivity index (χ2n) is 3.99. The third-order valence-electron chi connectivity index (χ3n) is 2.09. The Labute approximate surface area is 82.5 Å². The van der Waals surface area contributed by atoms with Gasteiger partial charge in [0.25, 0.3) is 5.92 Å². The number of hydrogen-bond acceptors (Lipinski definition) is 1. The maximum absolute atomic E-state index is 12.9. The summed E-state index contributed by atoms with van der Waals surface area (Å²) in [5, 5.41) is 2.60. The molecule has 0 aromatic rings. The molecule has 0 bridgehead atoms. The third kappa shape index (κ3) is 3.12. The summed E-state index contributed by atoms with van der Waals surface area (Å²) in [7, 11) is 0. The molecule has 0 saturated carbocycles. The zero-order chi connectivity index (χ0) is 10.8. The van der Waals surface area contributed by atoms with E-state index in [9.17, 15) is 13.6 Å². The molecule has 1 fully saturated rings. The summed E-state index contributed by atoms with van der Waals surface area (Å²) < 4.78 is 25.9. The number of amides is 2. The van der Waals surface area contributed by atoms with E-state index in [0.29, 0.717) is 13.0 Å². The van der Waals surface area contributed by atoms with E-state index in [1.165, 1.54) is 4.90 Å². The molecule has 1 N–H and O–H groups in total. The number of rotatable bonds is 1. The summed E-state index contributed by atoms with van der Waals surface area (Å²) in [4.78, 5) is 12.6. The van der Waals surface area contributed by atoms with Crippen molar-refractivity contribution >= 4 is 6.03 Å². The zero-order valence-electron chi connectivity index (χ0n) is 8.52. The van der Waals surface area contributed by atoms with Crippen molar-refractivity contribution in [3.8, 4) is 0 Å². The summed E-state index contributed by atoms with van der Waals surface area (Å²) in [6, 6.07) is -0.405. The molecular formula is C9H16F2N2O. The van der Waals surface area contributed by atoms with Crippen molar-refractivity contribution in [1.82, 2.24) is 10.2 Å². The lowest BCUT2D eigenvalue weighted by molar-refractivity contribution is -0.0524. The summed E-state index contributed by atoms with van der Waals surface area (Å²) in [6.07, 6.45) is 0.261. The monoisotopic (exact) mass is 206 g/mol. The molecule has 0 unspecified atom stereocenters. The van der Waals surface area contributed by atoms with Crippen LogP contribution in [0.3, 0.4) is 0 Å². The topological polar surface area (TPSA) is 32.3 Å². The number of hydrogen-bond donors (Lipinski definition) is 1. The van der Waals surface area contributed by atoms with Crippen LogP contribution < -0.4 is 5.32 Å². The highest BCUT2D eigenvalue weighted by atomic mass is 19.3. The number of urea groups is 1. The molecule has 1 heterocycles. The number of piperidine rings is 1. The summed E-state index contributed by atoms with van der Waals surface area (Å²) >= 11 is 0. The van der Waals surface area contributed by atoms with Gasteiger partial charge in [0.2, 0.25) is 0 Å². The molecule has 14 heavy (non-hydrogen) atoms. The molecular weight excluding hydrogens is 190 g/mol. The highest BCUT2D eigenvalue weighted by molar-refractivity contribution is 5.74. The van der Waals surface area contributed by atoms with Crippen LogP contribution in [0.15, 0.2) is 0 Å². The number of carbonyl (C=O) groups is 1. The van der Waals surface area contributed by atoms with Gasteiger partial charge in [-0.1, -0.05) is 0 Å². The van der Waals surface area contributed by atoms with Gasteiger partial charge in [-0.2, -0.15) is 0 Å². The van der Waals surface area contributed by atoms with E-state index < -0.39 is 12.5 Å². The highest BCUT2D eigenvalue weighted by Gasteiger charge is 2.37. The number of nitrogens with zero attached hydrogens (tertiary/aromatic N) is 1. The van der Waals surface area contributed by atoms with Crippen molar-refractivity contribution in [3.63, 3.8) is 0 Å². The van der Waals surface area contributed by atoms with E-state index in [0.717, 1.165) is 0 Å². The van der Waals surface area contributed by atoms with Gasteiger partial charge < -0.3 is 10.2 Å². The van der Waals surface area contributed by atoms with E-state index >= 15 is 0 Å². The van der Waals surface area contributed by atoms with Gasteiger partial charge in [-0.25, -0.2) is 13.6 Å². The first kappa shape index (κ1) is 11.2. The van der Waals surface area contributed by atoms with Crippen molar-refractivity contribution in [3.05, 3.63) is 0 Å². The van der Waals surface area contributed by atoms with E-state index in [-0.39, 0.29) is 18.5 Å². The van der Waals surface area contributed by atoms with Gasteiger partial charge in [-0.3, -0.25) is 0 Å². The van der Waals surface area contributed by atoms with Gasteiger partial charge in [0.05, 0.1) is 6.54 Å². The predicted molar refractivity (Wildman–Crippen MR) is 49.4 cm³/mol. The van der Waals surface area contributed by atoms with Gasteiger partial charge in [0, 0.05) is 19.0 Å². The average Bonchev–Trinajstić information content (AvgIpc) is 2.01. The largest absolute Gasteiger partial charge is 0.336 e. The number of halogens is 2.